The fourth-order valence-electron chi connectivity index (χ4n) is 7.33. The molecule has 3 aliphatic heterocycles. The van der Waals surface area contributed by atoms with Crippen LogP contribution in [0.5, 0.6) is 0 Å². The van der Waals surface area contributed by atoms with Gasteiger partial charge in [0.15, 0.2) is 0 Å². The largest absolute Gasteiger partial charge is 0.309 e. The van der Waals surface area contributed by atoms with Gasteiger partial charge in [-0.15, -0.1) is 0 Å². The van der Waals surface area contributed by atoms with Crippen molar-refractivity contribution in [2.24, 2.45) is 0 Å². The van der Waals surface area contributed by atoms with E-state index in [-0.39, 0.29) is 6.71 Å². The Bertz CT molecular complexity index is 2320. The maximum absolute atomic E-state index is 4.60. The fourth-order valence-corrected chi connectivity index (χ4v) is 9.70. The van der Waals surface area contributed by atoms with E-state index in [1.165, 1.54) is 75.2 Å². The van der Waals surface area contributed by atoms with Gasteiger partial charge in [-0.1, -0.05) is 114 Å². The minimum atomic E-state index is 0.144. The summed E-state index contributed by atoms with van der Waals surface area (Å²) >= 11 is 3.79. The summed E-state index contributed by atoms with van der Waals surface area (Å²) in [5.41, 5.74) is 11.2. The molecular formula is C39H24BN3S2. The van der Waals surface area contributed by atoms with Crippen molar-refractivity contribution < 1.29 is 0 Å². The standard InChI is InChI=1S/C39H24BN3S2/c1-2-14-27-25(11-1)12-9-19-30(27)43-32-18-6-8-21-35(32)45-39-33(43)23-36-37-38(39)42(26-13-10-22-41-24-26)31-17-5-3-15-28(31)40(37)29-16-4-7-20-34(29)44-36/h1-24H. The molecule has 0 atom stereocenters. The highest BCUT2D eigenvalue weighted by atomic mass is 32.2. The van der Waals surface area contributed by atoms with Crippen LogP contribution >= 0.6 is 23.5 Å². The highest BCUT2D eigenvalue weighted by molar-refractivity contribution is 8.00. The Labute approximate surface area is 270 Å². The van der Waals surface area contributed by atoms with Gasteiger partial charge >= 0.3 is 0 Å². The van der Waals surface area contributed by atoms with E-state index in [1.54, 1.807) is 0 Å². The lowest BCUT2D eigenvalue weighted by Crippen LogP contribution is -2.60. The number of benzene rings is 6. The van der Waals surface area contributed by atoms with Crippen molar-refractivity contribution in [2.45, 2.75) is 19.6 Å². The molecule has 0 saturated carbocycles. The molecule has 0 N–H and O–H groups in total. The molecule has 4 heterocycles. The molecule has 210 valence electrons. The normalized spacial score (nSPS) is 13.9. The first-order chi connectivity index (χ1) is 22.3. The molecule has 0 radical (unpaired) electrons. The number of rotatable bonds is 2. The van der Waals surface area contributed by atoms with Crippen LogP contribution in [-0.4, -0.2) is 11.7 Å². The van der Waals surface area contributed by atoms with Crippen molar-refractivity contribution >= 4 is 91.5 Å². The van der Waals surface area contributed by atoms with E-state index in [9.17, 15) is 0 Å². The lowest BCUT2D eigenvalue weighted by molar-refractivity contribution is 1.13. The molecule has 0 saturated heterocycles. The second-order valence-electron chi connectivity index (χ2n) is 11.6. The molecular weight excluding hydrogens is 585 g/mol. The fraction of sp³-hybridized carbons (Fsp3) is 0. The van der Waals surface area contributed by atoms with Gasteiger partial charge in [-0.25, -0.2) is 0 Å². The van der Waals surface area contributed by atoms with E-state index in [4.69, 9.17) is 0 Å². The molecule has 10 rings (SSSR count). The Kier molecular flexibility index (Phi) is 5.54. The molecule has 0 spiro atoms. The zero-order valence-corrected chi connectivity index (χ0v) is 25.7. The third-order valence-electron chi connectivity index (χ3n) is 9.16. The third kappa shape index (κ3) is 3.67. The topological polar surface area (TPSA) is 19.4 Å². The smallest absolute Gasteiger partial charge is 0.249 e. The van der Waals surface area contributed by atoms with Gasteiger partial charge in [0, 0.05) is 32.0 Å². The van der Waals surface area contributed by atoms with E-state index in [0.717, 1.165) is 5.69 Å². The second kappa shape index (κ2) is 9.80. The summed E-state index contributed by atoms with van der Waals surface area (Å²) in [7, 11) is 0. The van der Waals surface area contributed by atoms with Gasteiger partial charge in [0.05, 0.1) is 39.5 Å². The minimum Gasteiger partial charge on any atom is -0.309 e. The van der Waals surface area contributed by atoms with Crippen molar-refractivity contribution in [2.75, 3.05) is 9.80 Å². The van der Waals surface area contributed by atoms with Crippen molar-refractivity contribution in [3.8, 4) is 0 Å². The zero-order valence-electron chi connectivity index (χ0n) is 24.1. The molecule has 0 bridgehead atoms. The maximum atomic E-state index is 4.60. The van der Waals surface area contributed by atoms with Gasteiger partial charge in [0.1, 0.15) is 0 Å². The van der Waals surface area contributed by atoms with E-state index >= 15 is 0 Å². The summed E-state index contributed by atoms with van der Waals surface area (Å²) in [6, 6.07) is 48.8. The molecule has 45 heavy (non-hydrogen) atoms. The molecule has 0 amide bonds. The molecule has 0 unspecified atom stereocenters. The van der Waals surface area contributed by atoms with Gasteiger partial charge in [-0.2, -0.15) is 0 Å². The Hall–Kier alpha value is -4.91. The molecule has 6 heteroatoms. The summed E-state index contributed by atoms with van der Waals surface area (Å²) < 4.78 is 0. The van der Waals surface area contributed by atoms with Crippen LogP contribution in [0.25, 0.3) is 10.8 Å². The monoisotopic (exact) mass is 609 g/mol. The first kappa shape index (κ1) is 25.4. The number of fused-ring (bicyclic) bond motifs is 8. The lowest BCUT2D eigenvalue weighted by Gasteiger charge is -2.44. The quantitative estimate of drug-likeness (QED) is 0.182. The molecule has 6 aromatic carbocycles. The molecule has 0 aliphatic carbocycles. The molecule has 0 fully saturated rings. The Morgan fingerprint density at radius 2 is 1.27 bits per heavy atom. The van der Waals surface area contributed by atoms with Gasteiger partial charge in [0.2, 0.25) is 6.71 Å². The highest BCUT2D eigenvalue weighted by Gasteiger charge is 2.44. The number of pyridine rings is 1. The Morgan fingerprint density at radius 3 is 2.16 bits per heavy atom. The van der Waals surface area contributed by atoms with Crippen LogP contribution in [0.1, 0.15) is 0 Å². The van der Waals surface area contributed by atoms with E-state index in [0.29, 0.717) is 0 Å². The van der Waals surface area contributed by atoms with Crippen LogP contribution in [-0.2, 0) is 0 Å². The molecule has 7 aromatic rings. The molecule has 1 aromatic heterocycles. The van der Waals surface area contributed by atoms with Crippen molar-refractivity contribution in [1.82, 2.24) is 4.98 Å². The van der Waals surface area contributed by atoms with E-state index in [1.807, 2.05) is 42.0 Å². The number of hydrogen-bond donors (Lipinski definition) is 0. The SMILES string of the molecule is c1cncc(N2c3ccccc3B3c4ccccc4Sc4cc5c(c2c43)Sc2ccccc2N5c2cccc3ccccc23)c1. The average molecular weight is 610 g/mol. The molecule has 3 nitrogen and oxygen atoms in total. The van der Waals surface area contributed by atoms with Crippen LogP contribution in [0.2, 0.25) is 0 Å². The number of nitrogens with zero attached hydrogens (tertiary/aromatic N) is 3. The lowest BCUT2D eigenvalue weighted by atomic mass is 9.35. The molecule has 3 aliphatic rings. The summed E-state index contributed by atoms with van der Waals surface area (Å²) in [6.45, 7) is 0.144. The predicted octanol–water partition coefficient (Wildman–Crippen LogP) is 8.93. The second-order valence-corrected chi connectivity index (χ2v) is 13.7. The third-order valence-corrected chi connectivity index (χ3v) is 11.5. The highest BCUT2D eigenvalue weighted by Crippen LogP contribution is 2.58. The van der Waals surface area contributed by atoms with Crippen LogP contribution < -0.4 is 26.2 Å². The maximum Gasteiger partial charge on any atom is 0.249 e. The summed E-state index contributed by atoms with van der Waals surface area (Å²) in [4.78, 5) is 14.7. The minimum absolute atomic E-state index is 0.144. The van der Waals surface area contributed by atoms with Crippen LogP contribution in [0.15, 0.2) is 165 Å². The van der Waals surface area contributed by atoms with Crippen LogP contribution in [0, 0.1) is 0 Å². The van der Waals surface area contributed by atoms with E-state index in [2.05, 4.69) is 142 Å². The van der Waals surface area contributed by atoms with Crippen LogP contribution in [0.4, 0.5) is 34.1 Å². The predicted molar refractivity (Wildman–Crippen MR) is 190 cm³/mol. The Morgan fingerprint density at radius 1 is 0.533 bits per heavy atom. The van der Waals surface area contributed by atoms with Crippen molar-refractivity contribution in [3.63, 3.8) is 0 Å². The van der Waals surface area contributed by atoms with Gasteiger partial charge in [-0.05, 0) is 64.8 Å². The summed E-state index contributed by atoms with van der Waals surface area (Å²) in [5, 5.41) is 2.48. The average Bonchev–Trinajstić information content (AvgIpc) is 3.10. The summed E-state index contributed by atoms with van der Waals surface area (Å²) in [6.07, 6.45) is 3.86. The van der Waals surface area contributed by atoms with Crippen LogP contribution in [0.3, 0.4) is 0 Å². The number of aromatic nitrogens is 1. The van der Waals surface area contributed by atoms with Crippen molar-refractivity contribution in [3.05, 3.63) is 146 Å². The van der Waals surface area contributed by atoms with E-state index < -0.39 is 0 Å². The van der Waals surface area contributed by atoms with Crippen molar-refractivity contribution in [1.29, 1.82) is 0 Å². The number of hydrogen-bond acceptors (Lipinski definition) is 5. The summed E-state index contributed by atoms with van der Waals surface area (Å²) in [5.74, 6) is 0. The number of anilines is 6. The zero-order chi connectivity index (χ0) is 29.5. The van der Waals surface area contributed by atoms with Gasteiger partial charge in [-0.3, -0.25) is 4.98 Å². The first-order valence-electron chi connectivity index (χ1n) is 15.2. The number of para-hydroxylation sites is 2. The Balaban J connectivity index is 1.34. The first-order valence-corrected chi connectivity index (χ1v) is 16.8. The van der Waals surface area contributed by atoms with Gasteiger partial charge in [0.25, 0.3) is 0 Å². The van der Waals surface area contributed by atoms with Gasteiger partial charge < -0.3 is 9.80 Å².